The monoisotopic (exact) mass is 319 g/mol. The third-order valence-corrected chi connectivity index (χ3v) is 5.59. The first-order valence-electron chi connectivity index (χ1n) is 6.42. The highest BCUT2D eigenvalue weighted by molar-refractivity contribution is 7.89. The van der Waals surface area contributed by atoms with Gasteiger partial charge in [0, 0.05) is 25.2 Å². The van der Waals surface area contributed by atoms with Crippen LogP contribution in [0.15, 0.2) is 17.0 Å². The molecule has 1 saturated heterocycles. The fourth-order valence-corrected chi connectivity index (χ4v) is 4.18. The standard InChI is InChI=1S/C13H18ClNO4S/c1-18-11-9-13(12(19-2)8-10(11)14)20(16,17)15-6-4-3-5-7-15/h8-9H,3-7H2,1-2H3. The highest BCUT2D eigenvalue weighted by Crippen LogP contribution is 2.36. The molecule has 20 heavy (non-hydrogen) atoms. The zero-order valence-corrected chi connectivity index (χ0v) is 13.1. The molecule has 0 unspecified atom stereocenters. The van der Waals surface area contributed by atoms with E-state index in [-0.39, 0.29) is 10.6 Å². The minimum Gasteiger partial charge on any atom is -0.495 e. The zero-order chi connectivity index (χ0) is 14.8. The van der Waals surface area contributed by atoms with E-state index in [1.807, 2.05) is 0 Å². The van der Waals surface area contributed by atoms with E-state index in [9.17, 15) is 8.42 Å². The Bertz CT molecular complexity index is 582. The zero-order valence-electron chi connectivity index (χ0n) is 11.6. The van der Waals surface area contributed by atoms with Crippen LogP contribution in [0.4, 0.5) is 0 Å². The van der Waals surface area contributed by atoms with Gasteiger partial charge < -0.3 is 9.47 Å². The Morgan fingerprint density at radius 1 is 1.05 bits per heavy atom. The van der Waals surface area contributed by atoms with Gasteiger partial charge in [-0.2, -0.15) is 4.31 Å². The average Bonchev–Trinajstić information content (AvgIpc) is 2.47. The number of sulfonamides is 1. The van der Waals surface area contributed by atoms with E-state index >= 15 is 0 Å². The van der Waals surface area contributed by atoms with E-state index in [1.54, 1.807) is 0 Å². The lowest BCUT2D eigenvalue weighted by Crippen LogP contribution is -2.35. The van der Waals surface area contributed by atoms with Gasteiger partial charge in [0.15, 0.2) is 0 Å². The molecule has 0 aromatic heterocycles. The van der Waals surface area contributed by atoms with Gasteiger partial charge >= 0.3 is 0 Å². The van der Waals surface area contributed by atoms with Crippen molar-refractivity contribution < 1.29 is 17.9 Å². The lowest BCUT2D eigenvalue weighted by Gasteiger charge is -2.26. The van der Waals surface area contributed by atoms with Crippen molar-refractivity contribution in [2.24, 2.45) is 0 Å². The van der Waals surface area contributed by atoms with Crippen LogP contribution in [-0.2, 0) is 10.0 Å². The number of rotatable bonds is 4. The van der Waals surface area contributed by atoms with E-state index in [4.69, 9.17) is 21.1 Å². The summed E-state index contributed by atoms with van der Waals surface area (Å²) in [6, 6.07) is 2.89. The maximum absolute atomic E-state index is 12.7. The maximum Gasteiger partial charge on any atom is 0.246 e. The molecule has 1 aliphatic rings. The molecule has 1 aliphatic heterocycles. The van der Waals surface area contributed by atoms with E-state index in [0.717, 1.165) is 19.3 Å². The topological polar surface area (TPSA) is 55.8 Å². The van der Waals surface area contributed by atoms with Gasteiger partial charge in [0.2, 0.25) is 10.0 Å². The first-order chi connectivity index (χ1) is 9.50. The first-order valence-corrected chi connectivity index (χ1v) is 8.24. The summed E-state index contributed by atoms with van der Waals surface area (Å²) >= 11 is 6.00. The van der Waals surface area contributed by atoms with Crippen molar-refractivity contribution in [3.63, 3.8) is 0 Å². The lowest BCUT2D eigenvalue weighted by atomic mass is 10.2. The summed E-state index contributed by atoms with van der Waals surface area (Å²) in [6.45, 7) is 1.08. The van der Waals surface area contributed by atoms with E-state index in [1.165, 1.54) is 30.7 Å². The van der Waals surface area contributed by atoms with Crippen LogP contribution in [0.5, 0.6) is 11.5 Å². The highest BCUT2D eigenvalue weighted by atomic mass is 35.5. The molecule has 0 bridgehead atoms. The van der Waals surface area contributed by atoms with Crippen LogP contribution < -0.4 is 9.47 Å². The third-order valence-electron chi connectivity index (χ3n) is 3.37. The Hall–Kier alpha value is -0.980. The second-order valence-electron chi connectivity index (χ2n) is 4.60. The van der Waals surface area contributed by atoms with Crippen LogP contribution >= 0.6 is 11.6 Å². The number of ether oxygens (including phenoxy) is 2. The van der Waals surface area contributed by atoms with Crippen LogP contribution in [0.1, 0.15) is 19.3 Å². The van der Waals surface area contributed by atoms with Crippen LogP contribution in [0, 0.1) is 0 Å². The summed E-state index contributed by atoms with van der Waals surface area (Å²) in [7, 11) is -0.711. The fraction of sp³-hybridized carbons (Fsp3) is 0.538. The molecule has 0 atom stereocenters. The number of halogens is 1. The molecule has 1 heterocycles. The van der Waals surface area contributed by atoms with Crippen LogP contribution in [0.3, 0.4) is 0 Å². The summed E-state index contributed by atoms with van der Waals surface area (Å²) in [5.41, 5.74) is 0. The lowest BCUT2D eigenvalue weighted by molar-refractivity contribution is 0.342. The molecule has 1 fully saturated rings. The molecule has 2 rings (SSSR count). The van der Waals surface area contributed by atoms with Crippen molar-refractivity contribution >= 4 is 21.6 Å². The minimum atomic E-state index is -3.58. The Morgan fingerprint density at radius 2 is 1.65 bits per heavy atom. The highest BCUT2D eigenvalue weighted by Gasteiger charge is 2.30. The van der Waals surface area contributed by atoms with Crippen molar-refractivity contribution in [2.75, 3.05) is 27.3 Å². The predicted octanol–water partition coefficient (Wildman–Crippen LogP) is 2.53. The molecule has 0 N–H and O–H groups in total. The second-order valence-corrected chi connectivity index (χ2v) is 6.92. The minimum absolute atomic E-state index is 0.100. The van der Waals surface area contributed by atoms with Crippen molar-refractivity contribution in [3.05, 3.63) is 17.2 Å². The predicted molar refractivity (Wildman–Crippen MR) is 77.2 cm³/mol. The van der Waals surface area contributed by atoms with Gasteiger partial charge in [-0.1, -0.05) is 18.0 Å². The summed E-state index contributed by atoms with van der Waals surface area (Å²) in [4.78, 5) is 0.100. The van der Waals surface area contributed by atoms with E-state index in [0.29, 0.717) is 23.9 Å². The van der Waals surface area contributed by atoms with E-state index < -0.39 is 10.0 Å². The maximum atomic E-state index is 12.7. The fourth-order valence-electron chi connectivity index (χ4n) is 2.28. The van der Waals surface area contributed by atoms with Crippen LogP contribution in [-0.4, -0.2) is 40.0 Å². The SMILES string of the molecule is COc1cc(S(=O)(=O)N2CCCCC2)c(OC)cc1Cl. The van der Waals surface area contributed by atoms with Crippen LogP contribution in [0.25, 0.3) is 0 Å². The molecule has 0 aliphatic carbocycles. The Balaban J connectivity index is 2.49. The molecular formula is C13H18ClNO4S. The van der Waals surface area contributed by atoms with Gasteiger partial charge in [0.05, 0.1) is 19.2 Å². The number of hydrogen-bond donors (Lipinski definition) is 0. The molecule has 5 nitrogen and oxygen atoms in total. The average molecular weight is 320 g/mol. The van der Waals surface area contributed by atoms with Crippen LogP contribution in [0.2, 0.25) is 5.02 Å². The van der Waals surface area contributed by atoms with Gasteiger partial charge in [-0.15, -0.1) is 0 Å². The molecule has 0 radical (unpaired) electrons. The molecule has 1 aromatic carbocycles. The summed E-state index contributed by atoms with van der Waals surface area (Å²) in [5.74, 6) is 0.560. The molecule has 0 spiro atoms. The number of methoxy groups -OCH3 is 2. The molecule has 0 saturated carbocycles. The van der Waals surface area contributed by atoms with Crippen molar-refractivity contribution in [2.45, 2.75) is 24.2 Å². The number of piperidine rings is 1. The van der Waals surface area contributed by atoms with Gasteiger partial charge in [-0.25, -0.2) is 8.42 Å². The number of nitrogens with zero attached hydrogens (tertiary/aromatic N) is 1. The normalized spacial score (nSPS) is 16.9. The van der Waals surface area contributed by atoms with Gasteiger partial charge in [0.25, 0.3) is 0 Å². The summed E-state index contributed by atoms with van der Waals surface area (Å²) in [5, 5.41) is 0.321. The first kappa shape index (κ1) is 15.4. The molecule has 7 heteroatoms. The van der Waals surface area contributed by atoms with Gasteiger partial charge in [-0.05, 0) is 12.8 Å². The van der Waals surface area contributed by atoms with E-state index in [2.05, 4.69) is 0 Å². The van der Waals surface area contributed by atoms with Crippen molar-refractivity contribution in [1.29, 1.82) is 0 Å². The molecular weight excluding hydrogens is 302 g/mol. The largest absolute Gasteiger partial charge is 0.495 e. The Morgan fingerprint density at radius 3 is 2.20 bits per heavy atom. The third kappa shape index (κ3) is 2.87. The second kappa shape index (κ2) is 6.20. The smallest absolute Gasteiger partial charge is 0.246 e. The Labute approximate surface area is 124 Å². The molecule has 1 aromatic rings. The summed E-state index contributed by atoms with van der Waals surface area (Å²) in [6.07, 6.45) is 2.83. The molecule has 112 valence electrons. The van der Waals surface area contributed by atoms with Crippen molar-refractivity contribution in [3.8, 4) is 11.5 Å². The quantitative estimate of drug-likeness (QED) is 0.855. The van der Waals surface area contributed by atoms with Gasteiger partial charge in [-0.3, -0.25) is 0 Å². The van der Waals surface area contributed by atoms with Crippen molar-refractivity contribution in [1.82, 2.24) is 4.31 Å². The summed E-state index contributed by atoms with van der Waals surface area (Å²) < 4.78 is 37.1. The molecule has 0 amide bonds. The Kier molecular flexibility index (Phi) is 4.78. The number of hydrogen-bond acceptors (Lipinski definition) is 4. The van der Waals surface area contributed by atoms with Gasteiger partial charge in [0.1, 0.15) is 16.4 Å². The number of benzene rings is 1.